The number of benzene rings is 2. The quantitative estimate of drug-likeness (QED) is 0.643. The van der Waals surface area contributed by atoms with Gasteiger partial charge in [-0.2, -0.15) is 0 Å². The fraction of sp³-hybridized carbons (Fsp3) is 0.222. The van der Waals surface area contributed by atoms with Crippen molar-refractivity contribution in [3.05, 3.63) is 65.7 Å². The van der Waals surface area contributed by atoms with Crippen LogP contribution in [-0.4, -0.2) is 39.0 Å². The van der Waals surface area contributed by atoms with Gasteiger partial charge in [0.05, 0.1) is 18.9 Å². The van der Waals surface area contributed by atoms with Crippen LogP contribution in [0.15, 0.2) is 59.8 Å². The van der Waals surface area contributed by atoms with Gasteiger partial charge in [0.15, 0.2) is 0 Å². The molecule has 0 aliphatic rings. The normalized spacial score (nSPS) is 11.8. The number of nitrogens with one attached hydrogen (secondary N) is 1. The largest absolute Gasteiger partial charge is 0.497 e. The van der Waals surface area contributed by atoms with Crippen LogP contribution >= 0.6 is 11.8 Å². The second-order valence-corrected chi connectivity index (χ2v) is 6.50. The molecule has 2 aromatic carbocycles. The summed E-state index contributed by atoms with van der Waals surface area (Å²) < 4.78 is 6.75. The lowest BCUT2D eigenvalue weighted by Gasteiger charge is -2.20. The molecule has 0 spiro atoms. The van der Waals surface area contributed by atoms with Crippen LogP contribution in [-0.2, 0) is 11.8 Å². The topological polar surface area (TPSA) is 81.9 Å². The molecule has 0 aliphatic carbocycles. The fourth-order valence-corrected chi connectivity index (χ4v) is 3.14. The van der Waals surface area contributed by atoms with E-state index < -0.39 is 0 Å². The highest BCUT2D eigenvalue weighted by molar-refractivity contribution is 7.99. The predicted molar refractivity (Wildman–Crippen MR) is 98.9 cm³/mol. The Morgan fingerprint density at radius 2 is 1.85 bits per heavy atom. The Bertz CT molecular complexity index is 852. The van der Waals surface area contributed by atoms with E-state index in [-0.39, 0.29) is 17.7 Å². The van der Waals surface area contributed by atoms with Crippen LogP contribution in [0.3, 0.4) is 0 Å². The van der Waals surface area contributed by atoms with E-state index in [2.05, 4.69) is 20.8 Å². The van der Waals surface area contributed by atoms with Gasteiger partial charge in [-0.25, -0.2) is 4.68 Å². The first-order chi connectivity index (χ1) is 12.7. The zero-order valence-corrected chi connectivity index (χ0v) is 15.3. The Labute approximate surface area is 155 Å². The van der Waals surface area contributed by atoms with Crippen LogP contribution < -0.4 is 10.1 Å². The minimum atomic E-state index is -0.243. The Morgan fingerprint density at radius 1 is 1.15 bits per heavy atom. The van der Waals surface area contributed by atoms with E-state index in [0.717, 1.165) is 16.9 Å². The second kappa shape index (κ2) is 8.48. The van der Waals surface area contributed by atoms with Crippen molar-refractivity contribution in [2.24, 2.45) is 7.05 Å². The number of hydrogen-bond donors (Lipinski definition) is 1. The number of nitrogens with zero attached hydrogens (tertiary/aromatic N) is 4. The summed E-state index contributed by atoms with van der Waals surface area (Å²) in [7, 11) is 3.37. The summed E-state index contributed by atoms with van der Waals surface area (Å²) in [4.78, 5) is 12.5. The lowest BCUT2D eigenvalue weighted by molar-refractivity contribution is -0.119. The number of ether oxygens (including phenoxy) is 1. The maximum absolute atomic E-state index is 12.5. The summed E-state index contributed by atoms with van der Waals surface area (Å²) in [5.74, 6) is 0.910. The predicted octanol–water partition coefficient (Wildman–Crippen LogP) is 2.22. The van der Waals surface area contributed by atoms with E-state index >= 15 is 0 Å². The summed E-state index contributed by atoms with van der Waals surface area (Å²) in [6, 6.07) is 17.3. The molecule has 1 amide bonds. The van der Waals surface area contributed by atoms with Crippen LogP contribution in [0, 0.1) is 0 Å². The molecule has 134 valence electrons. The third-order valence-electron chi connectivity index (χ3n) is 3.80. The molecule has 0 aliphatic heterocycles. The van der Waals surface area contributed by atoms with Crippen molar-refractivity contribution in [2.45, 2.75) is 11.2 Å². The standard InChI is InChI=1S/C18H19N5O2S/c1-23-18(20-21-22-23)26-12-16(24)19-17(13-6-4-3-5-7-13)14-8-10-15(25-2)11-9-14/h3-11,17H,12H2,1-2H3,(H,19,24)/t17-/m0/s1. The third kappa shape index (κ3) is 4.40. The van der Waals surface area contributed by atoms with Crippen LogP contribution in [0.1, 0.15) is 17.2 Å². The van der Waals surface area contributed by atoms with Gasteiger partial charge < -0.3 is 10.1 Å². The maximum atomic E-state index is 12.5. The first-order valence-corrected chi connectivity index (χ1v) is 8.99. The second-order valence-electron chi connectivity index (χ2n) is 5.56. The number of thioether (sulfide) groups is 1. The van der Waals surface area contributed by atoms with Crippen molar-refractivity contribution in [2.75, 3.05) is 12.9 Å². The number of methoxy groups -OCH3 is 1. The fourth-order valence-electron chi connectivity index (χ4n) is 2.48. The van der Waals surface area contributed by atoms with E-state index in [1.165, 1.54) is 16.4 Å². The molecular formula is C18H19N5O2S. The molecule has 0 saturated carbocycles. The molecule has 1 aromatic heterocycles. The monoisotopic (exact) mass is 369 g/mol. The van der Waals surface area contributed by atoms with Crippen molar-refractivity contribution in [3.8, 4) is 5.75 Å². The average molecular weight is 369 g/mol. The molecule has 8 heteroatoms. The molecule has 7 nitrogen and oxygen atoms in total. The zero-order chi connectivity index (χ0) is 18.4. The summed E-state index contributed by atoms with van der Waals surface area (Å²) in [6.45, 7) is 0. The number of carbonyl (C=O) groups excluding carboxylic acids is 1. The van der Waals surface area contributed by atoms with Gasteiger partial charge in [0.1, 0.15) is 5.75 Å². The Morgan fingerprint density at radius 3 is 2.46 bits per heavy atom. The smallest absolute Gasteiger partial charge is 0.231 e. The highest BCUT2D eigenvalue weighted by Crippen LogP contribution is 2.24. The molecule has 0 unspecified atom stereocenters. The molecule has 0 radical (unpaired) electrons. The van der Waals surface area contributed by atoms with Crippen LogP contribution in [0.4, 0.5) is 0 Å². The van der Waals surface area contributed by atoms with Crippen LogP contribution in [0.25, 0.3) is 0 Å². The molecule has 1 N–H and O–H groups in total. The van der Waals surface area contributed by atoms with Gasteiger partial charge >= 0.3 is 0 Å². The molecular weight excluding hydrogens is 350 g/mol. The van der Waals surface area contributed by atoms with Gasteiger partial charge in [-0.1, -0.05) is 54.2 Å². The average Bonchev–Trinajstić information content (AvgIpc) is 3.10. The van der Waals surface area contributed by atoms with Gasteiger partial charge in [0.25, 0.3) is 0 Å². The number of hydrogen-bond acceptors (Lipinski definition) is 6. The van der Waals surface area contributed by atoms with E-state index in [4.69, 9.17) is 4.74 Å². The molecule has 0 saturated heterocycles. The zero-order valence-electron chi connectivity index (χ0n) is 14.5. The van der Waals surface area contributed by atoms with Crippen molar-refractivity contribution in [3.63, 3.8) is 0 Å². The molecule has 0 fully saturated rings. The minimum absolute atomic E-state index is 0.0947. The maximum Gasteiger partial charge on any atom is 0.231 e. The summed E-state index contributed by atoms with van der Waals surface area (Å²) >= 11 is 1.30. The molecule has 1 atom stereocenters. The Hall–Kier alpha value is -2.87. The number of aryl methyl sites for hydroxylation is 1. The van der Waals surface area contributed by atoms with Crippen molar-refractivity contribution in [1.29, 1.82) is 0 Å². The molecule has 26 heavy (non-hydrogen) atoms. The summed E-state index contributed by atoms with van der Waals surface area (Å²) in [5, 5.41) is 14.9. The SMILES string of the molecule is COc1ccc([C@@H](NC(=O)CSc2nnnn2C)c2ccccc2)cc1. The van der Waals surface area contributed by atoms with Crippen molar-refractivity contribution < 1.29 is 9.53 Å². The van der Waals surface area contributed by atoms with E-state index in [1.54, 1.807) is 14.2 Å². The highest BCUT2D eigenvalue weighted by Gasteiger charge is 2.17. The number of aromatic nitrogens is 4. The van der Waals surface area contributed by atoms with E-state index in [0.29, 0.717) is 5.16 Å². The third-order valence-corrected chi connectivity index (χ3v) is 4.81. The first-order valence-electron chi connectivity index (χ1n) is 8.01. The van der Waals surface area contributed by atoms with Gasteiger partial charge in [-0.3, -0.25) is 4.79 Å². The van der Waals surface area contributed by atoms with Gasteiger partial charge in [0.2, 0.25) is 11.1 Å². The Balaban J connectivity index is 1.75. The minimum Gasteiger partial charge on any atom is -0.497 e. The summed E-state index contributed by atoms with van der Waals surface area (Å²) in [6.07, 6.45) is 0. The number of tetrazole rings is 1. The van der Waals surface area contributed by atoms with E-state index in [9.17, 15) is 4.79 Å². The molecule has 0 bridgehead atoms. The van der Waals surface area contributed by atoms with Gasteiger partial charge in [0, 0.05) is 7.05 Å². The molecule has 3 rings (SSSR count). The van der Waals surface area contributed by atoms with E-state index in [1.807, 2.05) is 54.6 Å². The molecule has 1 heterocycles. The number of rotatable bonds is 7. The lowest BCUT2D eigenvalue weighted by Crippen LogP contribution is -2.30. The number of amides is 1. The van der Waals surface area contributed by atoms with Gasteiger partial charge in [-0.15, -0.1) is 5.10 Å². The van der Waals surface area contributed by atoms with Gasteiger partial charge in [-0.05, 0) is 33.7 Å². The van der Waals surface area contributed by atoms with Crippen molar-refractivity contribution in [1.82, 2.24) is 25.5 Å². The Kier molecular flexibility index (Phi) is 5.85. The highest BCUT2D eigenvalue weighted by atomic mass is 32.2. The lowest BCUT2D eigenvalue weighted by atomic mass is 9.98. The summed E-state index contributed by atoms with van der Waals surface area (Å²) in [5.41, 5.74) is 1.99. The van der Waals surface area contributed by atoms with Crippen LogP contribution in [0.5, 0.6) is 5.75 Å². The van der Waals surface area contributed by atoms with Crippen LogP contribution in [0.2, 0.25) is 0 Å². The van der Waals surface area contributed by atoms with Crippen molar-refractivity contribution >= 4 is 17.7 Å². The first kappa shape index (κ1) is 17.9. The molecule has 3 aromatic rings. The number of carbonyl (C=O) groups is 1.